The fourth-order valence-corrected chi connectivity index (χ4v) is 10.1. The van der Waals surface area contributed by atoms with E-state index in [0.717, 1.165) is 36.6 Å². The summed E-state index contributed by atoms with van der Waals surface area (Å²) < 4.78 is 6.41. The van der Waals surface area contributed by atoms with Crippen LogP contribution < -0.4 is 27.0 Å². The van der Waals surface area contributed by atoms with Gasteiger partial charge in [-0.1, -0.05) is 73.9 Å². The number of pyridine rings is 1. The molecule has 2 saturated heterocycles. The van der Waals surface area contributed by atoms with Crippen molar-refractivity contribution in [3.8, 4) is 0 Å². The number of hydrogen-bond donors (Lipinski definition) is 5. The first-order chi connectivity index (χ1) is 35.9. The summed E-state index contributed by atoms with van der Waals surface area (Å²) >= 11 is 0. The Kier molecular flexibility index (Phi) is 18.9. The molecule has 0 spiro atoms. The van der Waals surface area contributed by atoms with E-state index in [1.54, 1.807) is 18.2 Å². The third-order valence-corrected chi connectivity index (χ3v) is 13.8. The van der Waals surface area contributed by atoms with Crippen LogP contribution in [0.2, 0.25) is 0 Å². The number of aromatic nitrogens is 1. The lowest BCUT2D eigenvalue weighted by molar-refractivity contribution is -0.172. The Morgan fingerprint density at radius 3 is 2.19 bits per heavy atom. The van der Waals surface area contributed by atoms with Gasteiger partial charge in [-0.15, -0.1) is 5.06 Å². The second-order valence-electron chi connectivity index (χ2n) is 20.8. The zero-order valence-corrected chi connectivity index (χ0v) is 42.8. The van der Waals surface area contributed by atoms with E-state index in [-0.39, 0.29) is 79.3 Å². The molecule has 7 rings (SSSR count). The number of nitrogens with one attached hydrogen (secondary N) is 4. The molecular weight excluding hydrogens is 961 g/mol. The number of imide groups is 1. The van der Waals surface area contributed by atoms with Gasteiger partial charge in [-0.05, 0) is 107 Å². The number of piperidine rings is 1. The minimum atomic E-state index is -1.41. The number of primary amides is 1. The normalized spacial score (nSPS) is 19.0. The molecule has 3 fully saturated rings. The molecule has 6 atom stereocenters. The first-order valence-electron chi connectivity index (χ1n) is 25.9. The molecule has 0 radical (unpaired) electrons. The fourth-order valence-electron chi connectivity index (χ4n) is 10.1. The van der Waals surface area contributed by atoms with Gasteiger partial charge in [0.2, 0.25) is 17.7 Å². The lowest BCUT2D eigenvalue weighted by Crippen LogP contribution is -2.59. The number of hydroxylamine groups is 2. The van der Waals surface area contributed by atoms with E-state index >= 15 is 0 Å². The Balaban J connectivity index is 1.04. The van der Waals surface area contributed by atoms with Crippen LogP contribution in [0.15, 0.2) is 91.0 Å². The maximum Gasteiger partial charge on any atom is 0.363 e. The van der Waals surface area contributed by atoms with Crippen molar-refractivity contribution in [2.45, 2.75) is 122 Å². The molecule has 1 saturated carbocycles. The molecule has 4 aromatic rings. The van der Waals surface area contributed by atoms with Crippen molar-refractivity contribution in [3.05, 3.63) is 113 Å². The standard InChI is InChI=1S/C56H68N8O11/c1-56(2,3)62-52(70)41-33-63(32-39-17-9-11-18-40(39)41)34-46(74-50(68)20-8-5-13-29-58-51(69)37-21-23-38(24-22-37)55(73)75-64-48(66)27-28-49(64)67)44(30-35-14-6-4-7-15-35)60-54(72)45(31-47(57)65)61-53(71)43-26-25-36-16-10-12-19-42(36)59-43/h4,6-7,10,12,14-16,19,21-26,39-41,44-46H,5,8-9,11,13,17-18,20,27-34H2,1-3H3,(H2,57,65)(H,58,69)(H,60,72)(H,61,71)(H,62,70)/t39?,40?,41-,44-,45+,46+/m0/s1. The molecule has 3 aromatic carbocycles. The quantitative estimate of drug-likeness (QED) is 0.0406. The van der Waals surface area contributed by atoms with Crippen LogP contribution in [0, 0.1) is 17.8 Å². The van der Waals surface area contributed by atoms with Crippen LogP contribution in [0.25, 0.3) is 10.9 Å². The number of rotatable bonds is 22. The topological polar surface area (TPSA) is 266 Å². The average Bonchev–Trinajstić information content (AvgIpc) is 3.70. The van der Waals surface area contributed by atoms with Gasteiger partial charge in [-0.2, -0.15) is 0 Å². The van der Waals surface area contributed by atoms with Crippen LogP contribution in [0.4, 0.5) is 0 Å². The molecule has 398 valence electrons. The van der Waals surface area contributed by atoms with Crippen molar-refractivity contribution < 1.29 is 52.7 Å². The van der Waals surface area contributed by atoms with Gasteiger partial charge in [0.05, 0.1) is 29.5 Å². The highest BCUT2D eigenvalue weighted by molar-refractivity contribution is 6.03. The van der Waals surface area contributed by atoms with E-state index in [9.17, 15) is 43.2 Å². The highest BCUT2D eigenvalue weighted by Gasteiger charge is 2.44. The van der Waals surface area contributed by atoms with E-state index < -0.39 is 77.5 Å². The highest BCUT2D eigenvalue weighted by atomic mass is 16.7. The van der Waals surface area contributed by atoms with Gasteiger partial charge in [-0.25, -0.2) is 9.78 Å². The van der Waals surface area contributed by atoms with Crippen molar-refractivity contribution in [2.24, 2.45) is 23.5 Å². The minimum Gasteiger partial charge on any atom is -0.459 e. The van der Waals surface area contributed by atoms with E-state index in [4.69, 9.17) is 15.3 Å². The van der Waals surface area contributed by atoms with Gasteiger partial charge in [0.25, 0.3) is 23.6 Å². The van der Waals surface area contributed by atoms with Crippen LogP contribution in [0.5, 0.6) is 0 Å². The van der Waals surface area contributed by atoms with Crippen molar-refractivity contribution >= 4 is 64.2 Å². The molecular formula is C56H68N8O11. The van der Waals surface area contributed by atoms with Crippen LogP contribution >= 0.6 is 0 Å². The molecule has 19 heteroatoms. The predicted octanol–water partition coefficient (Wildman–Crippen LogP) is 4.71. The summed E-state index contributed by atoms with van der Waals surface area (Å²) in [6, 6.07) is 23.2. The Labute approximate surface area is 436 Å². The molecule has 0 bridgehead atoms. The van der Waals surface area contributed by atoms with Gasteiger partial charge in [-0.3, -0.25) is 43.3 Å². The molecule has 6 N–H and O–H groups in total. The van der Waals surface area contributed by atoms with Gasteiger partial charge < -0.3 is 36.6 Å². The summed E-state index contributed by atoms with van der Waals surface area (Å²) in [6.45, 7) is 7.39. The molecule has 1 aliphatic carbocycles. The number of carbonyl (C=O) groups excluding carboxylic acids is 9. The smallest absolute Gasteiger partial charge is 0.363 e. The van der Waals surface area contributed by atoms with Gasteiger partial charge in [0.1, 0.15) is 17.8 Å². The lowest BCUT2D eigenvalue weighted by Gasteiger charge is -2.47. The van der Waals surface area contributed by atoms with E-state index in [1.165, 1.54) is 30.3 Å². The van der Waals surface area contributed by atoms with E-state index in [1.807, 2.05) is 63.2 Å². The number of unbranched alkanes of at least 4 members (excludes halogenated alkanes) is 2. The summed E-state index contributed by atoms with van der Waals surface area (Å²) in [7, 11) is 0. The van der Waals surface area contributed by atoms with Crippen molar-refractivity contribution in [1.82, 2.24) is 36.2 Å². The van der Waals surface area contributed by atoms with Crippen molar-refractivity contribution in [1.29, 1.82) is 0 Å². The highest BCUT2D eigenvalue weighted by Crippen LogP contribution is 2.40. The number of likely N-dealkylation sites (tertiary alicyclic amines) is 1. The summed E-state index contributed by atoms with van der Waals surface area (Å²) in [6.07, 6.45) is 4.12. The third-order valence-electron chi connectivity index (χ3n) is 13.8. The zero-order valence-electron chi connectivity index (χ0n) is 42.8. The van der Waals surface area contributed by atoms with Gasteiger partial charge >= 0.3 is 11.9 Å². The maximum absolute atomic E-state index is 14.5. The first kappa shape index (κ1) is 55.2. The molecule has 7 amide bonds. The summed E-state index contributed by atoms with van der Waals surface area (Å²) in [5.41, 5.74) is 6.96. The summed E-state index contributed by atoms with van der Waals surface area (Å²) in [4.78, 5) is 129. The number of esters is 1. The first-order valence-corrected chi connectivity index (χ1v) is 25.9. The number of carbonyl (C=O) groups is 9. The number of benzene rings is 3. The molecule has 75 heavy (non-hydrogen) atoms. The predicted molar refractivity (Wildman–Crippen MR) is 276 cm³/mol. The lowest BCUT2D eigenvalue weighted by atomic mass is 9.69. The number of hydrogen-bond acceptors (Lipinski definition) is 13. The number of amides is 7. The number of para-hydroxylation sites is 1. The molecule has 19 nitrogen and oxygen atoms in total. The monoisotopic (exact) mass is 1030 g/mol. The summed E-state index contributed by atoms with van der Waals surface area (Å²) in [5, 5.41) is 13.0. The van der Waals surface area contributed by atoms with Crippen LogP contribution in [0.1, 0.15) is 128 Å². The minimum absolute atomic E-state index is 0.0169. The van der Waals surface area contributed by atoms with Crippen molar-refractivity contribution in [2.75, 3.05) is 26.2 Å². The Morgan fingerprint density at radius 2 is 1.47 bits per heavy atom. The maximum atomic E-state index is 14.5. The van der Waals surface area contributed by atoms with Crippen molar-refractivity contribution in [3.63, 3.8) is 0 Å². The Bertz CT molecular complexity index is 2710. The second kappa shape index (κ2) is 25.6. The Hall–Kier alpha value is -7.54. The molecule has 2 unspecified atom stereocenters. The van der Waals surface area contributed by atoms with Gasteiger partial charge in [0, 0.05) is 61.9 Å². The van der Waals surface area contributed by atoms with Crippen LogP contribution in [-0.2, 0) is 44.8 Å². The number of nitrogens with two attached hydrogens (primary N) is 1. The number of ether oxygens (including phenoxy) is 1. The van der Waals surface area contributed by atoms with Crippen LogP contribution in [-0.4, -0.2) is 118 Å². The summed E-state index contributed by atoms with van der Waals surface area (Å²) in [5.74, 6) is -5.18. The molecule has 3 heterocycles. The molecule has 3 aliphatic rings. The second-order valence-corrected chi connectivity index (χ2v) is 20.8. The van der Waals surface area contributed by atoms with E-state index in [0.29, 0.717) is 42.9 Å². The van der Waals surface area contributed by atoms with Gasteiger partial charge in [0.15, 0.2) is 0 Å². The molecule has 1 aromatic heterocycles. The third kappa shape index (κ3) is 15.7. The van der Waals surface area contributed by atoms with E-state index in [2.05, 4.69) is 31.2 Å². The number of nitrogens with zero attached hydrogens (tertiary/aromatic N) is 3. The SMILES string of the molecule is CC(C)(C)NC(=O)[C@H]1CN(C[C@@H](OC(=O)CCCCCNC(=O)c2ccc(C(=O)ON3C(=O)CCC3=O)cc2)[C@H](Cc2ccccc2)NC(=O)[C@@H](CC(N)=O)NC(=O)c2ccc3ccccc3n2)CC2CCCCC21. The zero-order chi connectivity index (χ0) is 53.6. The largest absolute Gasteiger partial charge is 0.459 e. The molecule has 2 aliphatic heterocycles. The van der Waals surface area contributed by atoms with Crippen LogP contribution in [0.3, 0.4) is 0 Å². The number of fused-ring (bicyclic) bond motifs is 2. The fraction of sp³-hybridized carbons (Fsp3) is 0.464. The Morgan fingerprint density at radius 1 is 0.773 bits per heavy atom. The average molecular weight is 1030 g/mol.